The minimum Gasteiger partial charge on any atom is -0.484 e. The molecule has 1 aliphatic rings. The van der Waals surface area contributed by atoms with Crippen LogP contribution in [-0.2, 0) is 5.41 Å². The number of hydrogen-bond acceptors (Lipinski definition) is 3. The number of hydrogen-bond donors (Lipinski definition) is 0. The van der Waals surface area contributed by atoms with Crippen LogP contribution in [0, 0.1) is 0 Å². The van der Waals surface area contributed by atoms with Gasteiger partial charge in [-0.05, 0) is 29.7 Å². The largest absolute Gasteiger partial charge is 0.484 e. The number of ether oxygens (including phenoxy) is 1. The van der Waals surface area contributed by atoms with Crippen LogP contribution in [0.1, 0.15) is 53.4 Å². The van der Waals surface area contributed by atoms with E-state index < -0.39 is 0 Å². The lowest BCUT2D eigenvalue weighted by molar-refractivity contribution is 0.0854. The maximum atomic E-state index is 12.2. The van der Waals surface area contributed by atoms with Crippen LogP contribution in [0.15, 0.2) is 36.4 Å². The van der Waals surface area contributed by atoms with Gasteiger partial charge in [-0.1, -0.05) is 32.9 Å². The van der Waals surface area contributed by atoms with Crippen molar-refractivity contribution in [2.75, 3.05) is 0 Å². The van der Waals surface area contributed by atoms with Crippen molar-refractivity contribution in [1.82, 2.24) is 0 Å². The van der Waals surface area contributed by atoms with Crippen molar-refractivity contribution in [3.63, 3.8) is 0 Å². The third kappa shape index (κ3) is 2.38. The molecule has 0 spiro atoms. The first-order valence-corrected chi connectivity index (χ1v) is 7.66. The van der Waals surface area contributed by atoms with Crippen LogP contribution in [-0.4, -0.2) is 5.78 Å². The Morgan fingerprint density at radius 3 is 2.60 bits per heavy atom. The molecule has 0 saturated heterocycles. The van der Waals surface area contributed by atoms with Crippen molar-refractivity contribution in [1.29, 1.82) is 0 Å². The number of carbonyl (C=O) groups is 1. The zero-order valence-corrected chi connectivity index (χ0v) is 12.8. The highest BCUT2D eigenvalue weighted by atomic mass is 32.1. The molecule has 1 atom stereocenters. The van der Waals surface area contributed by atoms with Crippen molar-refractivity contribution >= 4 is 17.1 Å². The number of para-hydroxylation sites is 1. The Labute approximate surface area is 123 Å². The number of rotatable bonds is 1. The first-order valence-electron chi connectivity index (χ1n) is 6.84. The number of ketones is 1. The molecule has 0 aliphatic carbocycles. The molecule has 0 N–H and O–H groups in total. The topological polar surface area (TPSA) is 26.3 Å². The summed E-state index contributed by atoms with van der Waals surface area (Å²) in [7, 11) is 0. The molecule has 1 aromatic heterocycles. The summed E-state index contributed by atoms with van der Waals surface area (Å²) < 4.78 is 6.00. The molecule has 3 heteroatoms. The van der Waals surface area contributed by atoms with E-state index in [9.17, 15) is 4.79 Å². The lowest BCUT2D eigenvalue weighted by Crippen LogP contribution is -2.19. The Balaban J connectivity index is 1.90. The van der Waals surface area contributed by atoms with E-state index >= 15 is 0 Å². The van der Waals surface area contributed by atoms with Gasteiger partial charge in [-0.3, -0.25) is 4.79 Å². The van der Waals surface area contributed by atoms with Gasteiger partial charge in [0.05, 0.1) is 12.0 Å². The molecule has 3 rings (SSSR count). The molecule has 0 fully saturated rings. The van der Waals surface area contributed by atoms with Gasteiger partial charge in [0, 0.05) is 9.75 Å². The summed E-state index contributed by atoms with van der Waals surface area (Å²) in [6, 6.07) is 11.7. The Bertz CT molecular complexity index is 649. The molecule has 0 radical (unpaired) electrons. The van der Waals surface area contributed by atoms with Crippen molar-refractivity contribution in [3.8, 4) is 5.75 Å². The average molecular weight is 286 g/mol. The van der Waals surface area contributed by atoms with Crippen LogP contribution in [0.3, 0.4) is 0 Å². The predicted molar refractivity (Wildman–Crippen MR) is 81.8 cm³/mol. The molecule has 1 aliphatic heterocycles. The van der Waals surface area contributed by atoms with E-state index in [1.54, 1.807) is 11.3 Å². The Kier molecular flexibility index (Phi) is 3.17. The second-order valence-electron chi connectivity index (χ2n) is 6.18. The number of benzene rings is 1. The van der Waals surface area contributed by atoms with E-state index in [4.69, 9.17) is 4.74 Å². The summed E-state index contributed by atoms with van der Waals surface area (Å²) in [5.74, 6) is 0.877. The number of carbonyl (C=O) groups excluding carboxylic acids is 1. The molecular formula is C17H18O2S. The third-order valence-electron chi connectivity index (χ3n) is 3.51. The fraction of sp³-hybridized carbons (Fsp3) is 0.353. The quantitative estimate of drug-likeness (QED) is 0.756. The fourth-order valence-corrected chi connectivity index (χ4v) is 3.46. The summed E-state index contributed by atoms with van der Waals surface area (Å²) >= 11 is 1.75. The lowest BCUT2D eigenvalue weighted by atomic mass is 9.95. The Morgan fingerprint density at radius 1 is 1.15 bits per heavy atom. The zero-order chi connectivity index (χ0) is 14.3. The van der Waals surface area contributed by atoms with Crippen LogP contribution in [0.2, 0.25) is 0 Å². The highest BCUT2D eigenvalue weighted by molar-refractivity contribution is 7.12. The van der Waals surface area contributed by atoms with Crippen molar-refractivity contribution in [2.45, 2.75) is 38.7 Å². The Hall–Kier alpha value is -1.61. The van der Waals surface area contributed by atoms with E-state index in [1.165, 1.54) is 4.88 Å². The molecule has 1 aromatic carbocycles. The van der Waals surface area contributed by atoms with Gasteiger partial charge < -0.3 is 4.74 Å². The molecule has 2 heterocycles. The summed E-state index contributed by atoms with van der Waals surface area (Å²) in [6.07, 6.45) is 0.291. The van der Waals surface area contributed by atoms with E-state index in [0.29, 0.717) is 17.7 Å². The van der Waals surface area contributed by atoms with E-state index in [-0.39, 0.29) is 17.3 Å². The molecule has 2 nitrogen and oxygen atoms in total. The Morgan fingerprint density at radius 2 is 1.90 bits per heavy atom. The summed E-state index contributed by atoms with van der Waals surface area (Å²) in [4.78, 5) is 14.7. The first kappa shape index (κ1) is 13.4. The number of fused-ring (bicyclic) bond motifs is 1. The monoisotopic (exact) mass is 286 g/mol. The van der Waals surface area contributed by atoms with Crippen LogP contribution in [0.5, 0.6) is 5.75 Å². The SMILES string of the molecule is CC(C)(C)c1ccc(C2CC(=O)c3ccccc3O2)s1. The first-order chi connectivity index (χ1) is 9.45. The smallest absolute Gasteiger partial charge is 0.170 e. The zero-order valence-electron chi connectivity index (χ0n) is 12.0. The molecular weight excluding hydrogens is 268 g/mol. The number of thiophene rings is 1. The molecule has 0 saturated carbocycles. The van der Waals surface area contributed by atoms with Gasteiger partial charge in [0.1, 0.15) is 11.9 Å². The number of Topliss-reactive ketones (excluding diaryl/α,β-unsaturated/α-hetero) is 1. The molecule has 1 unspecified atom stereocenters. The van der Waals surface area contributed by atoms with Gasteiger partial charge in [-0.2, -0.15) is 0 Å². The molecule has 104 valence electrons. The van der Waals surface area contributed by atoms with E-state index in [2.05, 4.69) is 32.9 Å². The third-order valence-corrected chi connectivity index (χ3v) is 5.11. The van der Waals surface area contributed by atoms with E-state index in [1.807, 2.05) is 24.3 Å². The fourth-order valence-electron chi connectivity index (χ4n) is 2.36. The van der Waals surface area contributed by atoms with Gasteiger partial charge in [-0.25, -0.2) is 0 Å². The molecule has 0 amide bonds. The summed E-state index contributed by atoms with van der Waals surface area (Å²) in [5.41, 5.74) is 0.843. The lowest BCUT2D eigenvalue weighted by Gasteiger charge is -2.24. The van der Waals surface area contributed by atoms with Gasteiger partial charge >= 0.3 is 0 Å². The van der Waals surface area contributed by atoms with Gasteiger partial charge in [0.25, 0.3) is 0 Å². The van der Waals surface area contributed by atoms with E-state index in [0.717, 1.165) is 4.88 Å². The van der Waals surface area contributed by atoms with Gasteiger partial charge in [-0.15, -0.1) is 11.3 Å². The molecule has 20 heavy (non-hydrogen) atoms. The predicted octanol–water partition coefficient (Wildman–Crippen LogP) is 4.75. The minimum atomic E-state index is -0.140. The second-order valence-corrected chi connectivity index (χ2v) is 7.30. The highest BCUT2D eigenvalue weighted by Gasteiger charge is 2.29. The molecule has 0 bridgehead atoms. The second kappa shape index (κ2) is 4.74. The summed E-state index contributed by atoms with van der Waals surface area (Å²) in [5, 5.41) is 0. The van der Waals surface area contributed by atoms with Crippen LogP contribution < -0.4 is 4.74 Å². The van der Waals surface area contributed by atoms with Crippen LogP contribution in [0.4, 0.5) is 0 Å². The standard InChI is InChI=1S/C17H18O2S/c1-17(2,3)16-9-8-15(20-16)14-10-12(18)11-6-4-5-7-13(11)19-14/h4-9,14H,10H2,1-3H3. The minimum absolute atomic E-state index is 0.138. The van der Waals surface area contributed by atoms with Gasteiger partial charge in [0.2, 0.25) is 0 Å². The maximum Gasteiger partial charge on any atom is 0.170 e. The van der Waals surface area contributed by atoms with Gasteiger partial charge in [0.15, 0.2) is 5.78 Å². The highest BCUT2D eigenvalue weighted by Crippen LogP contribution is 2.39. The van der Waals surface area contributed by atoms with Crippen molar-refractivity contribution in [2.24, 2.45) is 0 Å². The van der Waals surface area contributed by atoms with Crippen molar-refractivity contribution < 1.29 is 9.53 Å². The van der Waals surface area contributed by atoms with Crippen molar-refractivity contribution in [3.05, 3.63) is 51.7 Å². The maximum absolute atomic E-state index is 12.2. The molecule has 2 aromatic rings. The summed E-state index contributed by atoms with van der Waals surface area (Å²) in [6.45, 7) is 6.60. The average Bonchev–Trinajstić information content (AvgIpc) is 2.88. The van der Waals surface area contributed by atoms with Crippen LogP contribution >= 0.6 is 11.3 Å². The van der Waals surface area contributed by atoms with Crippen LogP contribution in [0.25, 0.3) is 0 Å². The normalized spacial score (nSPS) is 18.6.